The van der Waals surface area contributed by atoms with Crippen LogP contribution in [0.15, 0.2) is 42.5 Å². The summed E-state index contributed by atoms with van der Waals surface area (Å²) in [4.78, 5) is 25.4. The van der Waals surface area contributed by atoms with Crippen molar-refractivity contribution in [2.75, 3.05) is 18.5 Å². The van der Waals surface area contributed by atoms with Gasteiger partial charge in [0.1, 0.15) is 0 Å². The van der Waals surface area contributed by atoms with Crippen LogP contribution in [0, 0.1) is 0 Å². The van der Waals surface area contributed by atoms with Gasteiger partial charge in [0.25, 0.3) is 0 Å². The average Bonchev–Trinajstić information content (AvgIpc) is 2.81. The van der Waals surface area contributed by atoms with E-state index in [0.717, 1.165) is 38.5 Å². The minimum atomic E-state index is -3.63. The Kier molecular flexibility index (Phi) is 9.30. The summed E-state index contributed by atoms with van der Waals surface area (Å²) in [6.45, 7) is 2.56. The number of benzene rings is 2. The van der Waals surface area contributed by atoms with Gasteiger partial charge in [0.05, 0.1) is 0 Å². The molecule has 0 unspecified atom stereocenters. The Morgan fingerprint density at radius 2 is 1.33 bits per heavy atom. The zero-order valence-corrected chi connectivity index (χ0v) is 20.8. The Balaban J connectivity index is 2.81. The van der Waals surface area contributed by atoms with Gasteiger partial charge in [0.2, 0.25) is 0 Å². The van der Waals surface area contributed by atoms with Gasteiger partial charge in [-0.2, -0.15) is 0 Å². The molecule has 0 amide bonds. The van der Waals surface area contributed by atoms with Crippen molar-refractivity contribution in [2.24, 2.45) is 0 Å². The second kappa shape index (κ2) is 11.5. The molecule has 0 aliphatic rings. The Bertz CT molecular complexity index is 946. The molecule has 0 radical (unpaired) electrons. The molecule has 0 aromatic heterocycles. The Morgan fingerprint density at radius 3 is 1.82 bits per heavy atom. The molecule has 0 saturated heterocycles. The van der Waals surface area contributed by atoms with Crippen LogP contribution >= 0.6 is 6.83 Å². The summed E-state index contributed by atoms with van der Waals surface area (Å²) in [5.74, 6) is -1.87. The number of carbonyl (C=O) groups excluding carboxylic acids is 1. The van der Waals surface area contributed by atoms with Gasteiger partial charge in [0, 0.05) is 0 Å². The van der Waals surface area contributed by atoms with Crippen molar-refractivity contribution in [1.29, 1.82) is 0 Å². The predicted octanol–water partition coefficient (Wildman–Crippen LogP) is 6.15. The molecule has 0 fully saturated rings. The van der Waals surface area contributed by atoms with E-state index in [-0.39, 0.29) is 22.6 Å². The third-order valence-corrected chi connectivity index (χ3v) is 12.6. The number of hydrogen-bond donors (Lipinski definition) is 3. The van der Waals surface area contributed by atoms with Crippen LogP contribution in [0.4, 0.5) is 0 Å². The third-order valence-electron chi connectivity index (χ3n) is 6.36. The Labute approximate surface area is 196 Å². The van der Waals surface area contributed by atoms with Crippen LogP contribution < -0.4 is 5.30 Å². The van der Waals surface area contributed by atoms with Gasteiger partial charge in [-0.1, -0.05) is 0 Å². The molecule has 0 heterocycles. The van der Waals surface area contributed by atoms with E-state index in [1.165, 1.54) is 24.3 Å². The fourth-order valence-electron chi connectivity index (χ4n) is 4.54. The van der Waals surface area contributed by atoms with Gasteiger partial charge >= 0.3 is 196 Å². The van der Waals surface area contributed by atoms with Crippen molar-refractivity contribution in [3.8, 4) is 11.5 Å². The van der Waals surface area contributed by atoms with Crippen LogP contribution in [0.1, 0.15) is 80.0 Å². The first-order chi connectivity index (χ1) is 15.7. The minimum absolute atomic E-state index is 0.00291. The molecular weight excluding hydrogens is 439 g/mol. The maximum atomic E-state index is 13.7. The maximum absolute atomic E-state index is 13.7. The molecule has 0 atom stereocenters. The van der Waals surface area contributed by atoms with Crippen molar-refractivity contribution in [2.45, 2.75) is 59.3 Å². The first-order valence-electron chi connectivity index (χ1n) is 11.8. The van der Waals surface area contributed by atoms with Crippen molar-refractivity contribution in [1.82, 2.24) is 0 Å². The summed E-state index contributed by atoms with van der Waals surface area (Å²) in [6.07, 6.45) is 6.73. The van der Waals surface area contributed by atoms with Gasteiger partial charge < -0.3 is 0 Å². The topological polar surface area (TPSA) is 104 Å². The molecule has 33 heavy (non-hydrogen) atoms. The first-order valence-corrected chi connectivity index (χ1v) is 14.5. The van der Waals surface area contributed by atoms with Crippen molar-refractivity contribution < 1.29 is 29.4 Å². The van der Waals surface area contributed by atoms with E-state index >= 15 is 0 Å². The van der Waals surface area contributed by atoms with Crippen LogP contribution in [0.25, 0.3) is 0 Å². The molecule has 6 nitrogen and oxygen atoms in total. The number of carboxylic acid groups (broad SMARTS) is 1. The Morgan fingerprint density at radius 1 is 0.818 bits per heavy atom. The quantitative estimate of drug-likeness (QED) is 0.237. The normalized spacial score (nSPS) is 12.6. The van der Waals surface area contributed by atoms with Crippen LogP contribution in [0.5, 0.6) is 11.5 Å². The van der Waals surface area contributed by atoms with Gasteiger partial charge in [-0.3, -0.25) is 0 Å². The fraction of sp³-hybridized carbons (Fsp3) is 0.462. The van der Waals surface area contributed by atoms with Crippen molar-refractivity contribution in [3.05, 3.63) is 53.6 Å². The SMILES string of the molecule is CCCCP(CCCC)(CCCC)(OC(=O)c1ccccc1C(=O)O)c1cc(O)ccc1O. The van der Waals surface area contributed by atoms with Gasteiger partial charge in [0.15, 0.2) is 0 Å². The van der Waals surface area contributed by atoms with Crippen LogP contribution in [0.2, 0.25) is 0 Å². The standard InChI is InChI=1S/C26H37O6P/c1-4-7-16-33(17-8-5-2,18-9-6-3,24-19-20(27)14-15-23(24)28)32-26(31)22-13-11-10-12-21(22)25(29)30/h10-15,19,27-28H,4-9,16-18H2,1-3H3,(H,29,30). The number of carboxylic acids is 1. The second-order valence-electron chi connectivity index (χ2n) is 8.76. The van der Waals surface area contributed by atoms with Gasteiger partial charge in [-0.05, 0) is 0 Å². The molecule has 0 bridgehead atoms. The number of hydrogen-bond acceptors (Lipinski definition) is 5. The number of aromatic carboxylic acids is 1. The van der Waals surface area contributed by atoms with E-state index in [4.69, 9.17) is 4.52 Å². The summed E-state index contributed by atoms with van der Waals surface area (Å²) in [5.41, 5.74) is -0.108. The molecule has 7 heteroatoms. The number of aromatic hydroxyl groups is 2. The number of unbranched alkanes of at least 4 members (excludes halogenated alkanes) is 3. The molecule has 2 aromatic carbocycles. The zero-order chi connectivity index (χ0) is 24.5. The van der Waals surface area contributed by atoms with E-state index in [0.29, 0.717) is 23.8 Å². The second-order valence-corrected chi connectivity index (χ2v) is 14.0. The van der Waals surface area contributed by atoms with E-state index in [1.54, 1.807) is 18.2 Å². The van der Waals surface area contributed by atoms with Crippen LogP contribution in [0.3, 0.4) is 0 Å². The molecule has 0 saturated carbocycles. The number of phenols is 2. The number of rotatable bonds is 13. The first kappa shape index (κ1) is 26.7. The summed E-state index contributed by atoms with van der Waals surface area (Å²) in [7, 11) is 0. The predicted molar refractivity (Wildman–Crippen MR) is 134 cm³/mol. The van der Waals surface area contributed by atoms with Gasteiger partial charge in [-0.15, -0.1) is 0 Å². The summed E-state index contributed by atoms with van der Waals surface area (Å²) >= 11 is 0. The third kappa shape index (κ3) is 5.86. The molecule has 0 aliphatic carbocycles. The summed E-state index contributed by atoms with van der Waals surface area (Å²) in [6, 6.07) is 10.5. The zero-order valence-electron chi connectivity index (χ0n) is 19.9. The van der Waals surface area contributed by atoms with Crippen LogP contribution in [-0.2, 0) is 4.52 Å². The van der Waals surface area contributed by atoms with E-state index in [2.05, 4.69) is 20.8 Å². The fourth-order valence-corrected chi connectivity index (χ4v) is 11.1. The molecular formula is C26H37O6P. The van der Waals surface area contributed by atoms with Crippen molar-refractivity contribution >= 4 is 24.1 Å². The number of carbonyl (C=O) groups is 2. The van der Waals surface area contributed by atoms with Gasteiger partial charge in [-0.25, -0.2) is 0 Å². The molecule has 2 aromatic rings. The van der Waals surface area contributed by atoms with E-state index in [1.807, 2.05) is 0 Å². The van der Waals surface area contributed by atoms with Crippen LogP contribution in [-0.4, -0.2) is 45.7 Å². The molecule has 3 N–H and O–H groups in total. The van der Waals surface area contributed by atoms with Crippen molar-refractivity contribution in [3.63, 3.8) is 0 Å². The molecule has 0 spiro atoms. The van der Waals surface area contributed by atoms with E-state index in [9.17, 15) is 24.9 Å². The molecule has 0 aliphatic heterocycles. The summed E-state index contributed by atoms with van der Waals surface area (Å²) in [5, 5.41) is 31.5. The van der Waals surface area contributed by atoms with E-state index < -0.39 is 18.8 Å². The number of phenolic OH excluding ortho intramolecular Hbond substituents is 2. The summed E-state index contributed by atoms with van der Waals surface area (Å²) < 4.78 is 6.59. The molecule has 2 rings (SSSR count). The monoisotopic (exact) mass is 476 g/mol. The average molecular weight is 477 g/mol. The Hall–Kier alpha value is -2.59. The molecule has 182 valence electrons.